The van der Waals surface area contributed by atoms with E-state index in [0.29, 0.717) is 12.1 Å². The summed E-state index contributed by atoms with van der Waals surface area (Å²) >= 11 is 0. The second kappa shape index (κ2) is 3.75. The van der Waals surface area contributed by atoms with Crippen LogP contribution in [0.25, 0.3) is 0 Å². The van der Waals surface area contributed by atoms with Gasteiger partial charge in [-0.1, -0.05) is 12.1 Å². The fourth-order valence-electron chi connectivity index (χ4n) is 2.59. The van der Waals surface area contributed by atoms with Gasteiger partial charge >= 0.3 is 5.97 Å². The van der Waals surface area contributed by atoms with Crippen molar-refractivity contribution in [2.45, 2.75) is 24.8 Å². The van der Waals surface area contributed by atoms with Crippen molar-refractivity contribution in [3.63, 3.8) is 0 Å². The highest BCUT2D eigenvalue weighted by molar-refractivity contribution is 5.90. The van der Waals surface area contributed by atoms with Gasteiger partial charge in [-0.15, -0.1) is 12.4 Å². The Morgan fingerprint density at radius 2 is 2.12 bits per heavy atom. The van der Waals surface area contributed by atoms with Gasteiger partial charge in [-0.2, -0.15) is 0 Å². The molecule has 0 bridgehead atoms. The maximum absolute atomic E-state index is 11.1. The third-order valence-electron chi connectivity index (χ3n) is 3.60. The number of carbonyl (C=O) groups is 1. The molecule has 3 rings (SSSR count). The molecule has 0 amide bonds. The normalized spacial score (nSPS) is 19.8. The number of fused-ring (bicyclic) bond motifs is 2. The standard InChI is InChI=1S/C12H13NO2.ClH/c14-11(15)8-2-1-3-10-9(8)6-13-7-12(10)4-5-12;/h1-3,13H,4-7H2,(H,14,15);1H. The maximum Gasteiger partial charge on any atom is 0.336 e. The molecule has 1 aromatic rings. The van der Waals surface area contributed by atoms with Gasteiger partial charge in [0, 0.05) is 18.5 Å². The van der Waals surface area contributed by atoms with E-state index < -0.39 is 5.97 Å². The summed E-state index contributed by atoms with van der Waals surface area (Å²) in [5, 5.41) is 12.4. The predicted molar refractivity (Wildman–Crippen MR) is 63.3 cm³/mol. The average molecular weight is 240 g/mol. The van der Waals surface area contributed by atoms with Crippen LogP contribution in [0, 0.1) is 0 Å². The van der Waals surface area contributed by atoms with Crippen LogP contribution in [0.15, 0.2) is 18.2 Å². The zero-order valence-electron chi connectivity index (χ0n) is 8.82. The van der Waals surface area contributed by atoms with E-state index in [1.165, 1.54) is 18.4 Å². The second-order valence-corrected chi connectivity index (χ2v) is 4.52. The summed E-state index contributed by atoms with van der Waals surface area (Å²) in [5.74, 6) is -0.814. The van der Waals surface area contributed by atoms with Gasteiger partial charge in [0.05, 0.1) is 5.56 Å². The highest BCUT2D eigenvalue weighted by Crippen LogP contribution is 2.50. The Morgan fingerprint density at radius 1 is 1.38 bits per heavy atom. The van der Waals surface area contributed by atoms with Gasteiger partial charge < -0.3 is 10.4 Å². The van der Waals surface area contributed by atoms with E-state index in [-0.39, 0.29) is 17.8 Å². The molecule has 1 aliphatic carbocycles. The van der Waals surface area contributed by atoms with E-state index >= 15 is 0 Å². The monoisotopic (exact) mass is 239 g/mol. The lowest BCUT2D eigenvalue weighted by molar-refractivity contribution is 0.0695. The van der Waals surface area contributed by atoms with Crippen LogP contribution in [-0.2, 0) is 12.0 Å². The molecule has 0 atom stereocenters. The van der Waals surface area contributed by atoms with Gasteiger partial charge in [-0.3, -0.25) is 0 Å². The Kier molecular flexibility index (Phi) is 2.68. The van der Waals surface area contributed by atoms with E-state index in [2.05, 4.69) is 11.4 Å². The lowest BCUT2D eigenvalue weighted by Crippen LogP contribution is -2.34. The Labute approximate surface area is 100 Å². The zero-order valence-corrected chi connectivity index (χ0v) is 9.64. The minimum atomic E-state index is -0.814. The first-order chi connectivity index (χ1) is 7.23. The van der Waals surface area contributed by atoms with Crippen LogP contribution in [0.4, 0.5) is 0 Å². The van der Waals surface area contributed by atoms with E-state index in [1.807, 2.05) is 6.07 Å². The first-order valence-corrected chi connectivity index (χ1v) is 5.29. The van der Waals surface area contributed by atoms with E-state index in [9.17, 15) is 4.79 Å². The maximum atomic E-state index is 11.1. The summed E-state index contributed by atoms with van der Waals surface area (Å²) in [7, 11) is 0. The lowest BCUT2D eigenvalue weighted by atomic mass is 9.85. The van der Waals surface area contributed by atoms with E-state index in [4.69, 9.17) is 5.11 Å². The molecule has 16 heavy (non-hydrogen) atoms. The Balaban J connectivity index is 0.000000963. The number of halogens is 1. The fraction of sp³-hybridized carbons (Fsp3) is 0.417. The highest BCUT2D eigenvalue weighted by atomic mass is 35.5. The molecule has 1 aliphatic heterocycles. The van der Waals surface area contributed by atoms with Crippen molar-refractivity contribution in [2.75, 3.05) is 6.54 Å². The van der Waals surface area contributed by atoms with Gasteiger partial charge in [0.1, 0.15) is 0 Å². The molecule has 0 aromatic heterocycles. The minimum Gasteiger partial charge on any atom is -0.478 e. The summed E-state index contributed by atoms with van der Waals surface area (Å²) in [6.07, 6.45) is 2.38. The van der Waals surface area contributed by atoms with Gasteiger partial charge in [0.15, 0.2) is 0 Å². The minimum absolute atomic E-state index is 0. The first kappa shape index (κ1) is 11.4. The number of carboxylic acid groups (broad SMARTS) is 1. The number of hydrogen-bond donors (Lipinski definition) is 2. The summed E-state index contributed by atoms with van der Waals surface area (Å²) in [6, 6.07) is 5.66. The van der Waals surface area contributed by atoms with Crippen molar-refractivity contribution in [1.29, 1.82) is 0 Å². The summed E-state index contributed by atoms with van der Waals surface area (Å²) in [6.45, 7) is 1.70. The third kappa shape index (κ3) is 1.51. The number of nitrogens with one attached hydrogen (secondary N) is 1. The Morgan fingerprint density at radius 3 is 2.75 bits per heavy atom. The molecule has 3 nitrogen and oxygen atoms in total. The number of benzene rings is 1. The van der Waals surface area contributed by atoms with E-state index in [0.717, 1.165) is 12.1 Å². The number of aromatic carboxylic acids is 1. The molecule has 1 heterocycles. The SMILES string of the molecule is Cl.O=C(O)c1cccc2c1CNCC21CC1. The average Bonchev–Trinajstić information content (AvgIpc) is 2.98. The summed E-state index contributed by atoms with van der Waals surface area (Å²) in [4.78, 5) is 11.1. The molecule has 86 valence electrons. The number of rotatable bonds is 1. The smallest absolute Gasteiger partial charge is 0.336 e. The first-order valence-electron chi connectivity index (χ1n) is 5.29. The van der Waals surface area contributed by atoms with E-state index in [1.54, 1.807) is 6.07 Å². The van der Waals surface area contributed by atoms with Crippen LogP contribution in [0.5, 0.6) is 0 Å². The molecular weight excluding hydrogens is 226 g/mol. The van der Waals surface area contributed by atoms with Crippen LogP contribution >= 0.6 is 12.4 Å². The molecule has 1 spiro atoms. The van der Waals surface area contributed by atoms with Crippen LogP contribution in [0.2, 0.25) is 0 Å². The van der Waals surface area contributed by atoms with Crippen molar-refractivity contribution in [3.8, 4) is 0 Å². The molecule has 0 unspecified atom stereocenters. The fourth-order valence-corrected chi connectivity index (χ4v) is 2.59. The van der Waals surface area contributed by atoms with Crippen LogP contribution < -0.4 is 5.32 Å². The highest BCUT2D eigenvalue weighted by Gasteiger charge is 2.47. The Bertz CT molecular complexity index is 441. The van der Waals surface area contributed by atoms with Crippen LogP contribution in [-0.4, -0.2) is 17.6 Å². The van der Waals surface area contributed by atoms with Gasteiger partial charge in [0.25, 0.3) is 0 Å². The summed E-state index contributed by atoms with van der Waals surface area (Å²) in [5.41, 5.74) is 2.99. The third-order valence-corrected chi connectivity index (χ3v) is 3.60. The van der Waals surface area contributed by atoms with Gasteiger partial charge in [-0.05, 0) is 30.0 Å². The molecule has 1 aromatic carbocycles. The molecule has 1 fully saturated rings. The molecule has 0 saturated heterocycles. The van der Waals surface area contributed by atoms with Crippen molar-refractivity contribution >= 4 is 18.4 Å². The predicted octanol–water partition coefficient (Wildman–Crippen LogP) is 1.94. The molecule has 4 heteroatoms. The quantitative estimate of drug-likeness (QED) is 0.788. The van der Waals surface area contributed by atoms with Crippen LogP contribution in [0.3, 0.4) is 0 Å². The largest absolute Gasteiger partial charge is 0.478 e. The lowest BCUT2D eigenvalue weighted by Gasteiger charge is -2.27. The number of carboxylic acids is 1. The second-order valence-electron chi connectivity index (χ2n) is 4.52. The molecule has 0 radical (unpaired) electrons. The molecule has 2 N–H and O–H groups in total. The molecular formula is C12H14ClNO2. The Hall–Kier alpha value is -1.06. The zero-order chi connectivity index (χ0) is 10.5. The van der Waals surface area contributed by atoms with Crippen LogP contribution in [0.1, 0.15) is 34.3 Å². The number of hydrogen-bond acceptors (Lipinski definition) is 2. The van der Waals surface area contributed by atoms with Crippen molar-refractivity contribution in [3.05, 3.63) is 34.9 Å². The van der Waals surface area contributed by atoms with Crippen molar-refractivity contribution in [1.82, 2.24) is 5.32 Å². The van der Waals surface area contributed by atoms with Crippen molar-refractivity contribution < 1.29 is 9.90 Å². The van der Waals surface area contributed by atoms with Gasteiger partial charge in [-0.25, -0.2) is 4.79 Å². The molecule has 2 aliphatic rings. The topological polar surface area (TPSA) is 49.3 Å². The van der Waals surface area contributed by atoms with Gasteiger partial charge in [0.2, 0.25) is 0 Å². The summed E-state index contributed by atoms with van der Waals surface area (Å²) < 4.78 is 0. The molecule has 1 saturated carbocycles. The van der Waals surface area contributed by atoms with Crippen molar-refractivity contribution in [2.24, 2.45) is 0 Å².